The molecule has 0 atom stereocenters. The molecule has 4 rings (SSSR count). The summed E-state index contributed by atoms with van der Waals surface area (Å²) >= 11 is 0. The lowest BCUT2D eigenvalue weighted by Crippen LogP contribution is -2.41. The Kier molecular flexibility index (Phi) is 4.83. The molecule has 0 aromatic heterocycles. The molecule has 3 aromatic rings. The number of imide groups is 1. The van der Waals surface area contributed by atoms with Gasteiger partial charge in [0, 0.05) is 29.6 Å². The number of carbonyl (C=O) groups excluding carboxylic acids is 2. The lowest BCUT2D eigenvalue weighted by Gasteiger charge is -2.27. The highest BCUT2D eigenvalue weighted by Crippen LogP contribution is 2.34. The van der Waals surface area contributed by atoms with E-state index < -0.39 is 16.7 Å². The van der Waals surface area contributed by atoms with E-state index >= 15 is 0 Å². The number of amides is 2. The van der Waals surface area contributed by atoms with Crippen molar-refractivity contribution in [3.8, 4) is 11.5 Å². The van der Waals surface area contributed by atoms with E-state index in [0.29, 0.717) is 34.3 Å². The third kappa shape index (κ3) is 3.12. The van der Waals surface area contributed by atoms with Gasteiger partial charge in [-0.2, -0.15) is 0 Å². The zero-order valence-corrected chi connectivity index (χ0v) is 16.4. The highest BCUT2D eigenvalue weighted by Gasteiger charge is 2.34. The number of benzene rings is 3. The van der Waals surface area contributed by atoms with Gasteiger partial charge in [0.05, 0.1) is 24.7 Å². The van der Waals surface area contributed by atoms with E-state index in [4.69, 9.17) is 9.47 Å². The molecule has 0 bridgehead atoms. The van der Waals surface area contributed by atoms with Gasteiger partial charge in [-0.15, -0.1) is 0 Å². The van der Waals surface area contributed by atoms with Gasteiger partial charge in [0.15, 0.2) is 11.5 Å². The van der Waals surface area contributed by atoms with Crippen LogP contribution in [0.1, 0.15) is 26.3 Å². The number of nitro groups is 1. The van der Waals surface area contributed by atoms with Crippen LogP contribution in [0.15, 0.2) is 48.5 Å². The normalized spacial score (nSPS) is 12.9. The van der Waals surface area contributed by atoms with Gasteiger partial charge in [0.25, 0.3) is 17.5 Å². The zero-order chi connectivity index (χ0) is 21.4. The van der Waals surface area contributed by atoms with E-state index in [1.54, 1.807) is 37.4 Å². The van der Waals surface area contributed by atoms with Gasteiger partial charge < -0.3 is 9.47 Å². The van der Waals surface area contributed by atoms with Crippen LogP contribution in [0.25, 0.3) is 10.8 Å². The summed E-state index contributed by atoms with van der Waals surface area (Å²) in [7, 11) is 3.07. The first-order chi connectivity index (χ1) is 14.4. The first-order valence-corrected chi connectivity index (χ1v) is 9.23. The van der Waals surface area contributed by atoms with Gasteiger partial charge in [-0.1, -0.05) is 18.2 Å². The van der Waals surface area contributed by atoms with Crippen molar-refractivity contribution in [3.05, 3.63) is 75.3 Å². The molecule has 0 saturated heterocycles. The monoisotopic (exact) mass is 406 g/mol. The van der Waals surface area contributed by atoms with Crippen molar-refractivity contribution in [2.45, 2.75) is 6.42 Å². The van der Waals surface area contributed by atoms with Crippen LogP contribution in [-0.2, 0) is 6.42 Å². The van der Waals surface area contributed by atoms with Gasteiger partial charge in [0.1, 0.15) is 0 Å². The van der Waals surface area contributed by atoms with Gasteiger partial charge in [-0.25, -0.2) is 0 Å². The Hall–Kier alpha value is -3.94. The Morgan fingerprint density at radius 3 is 2.37 bits per heavy atom. The average Bonchev–Trinajstić information content (AvgIpc) is 2.76. The number of methoxy groups -OCH3 is 2. The summed E-state index contributed by atoms with van der Waals surface area (Å²) in [5.41, 5.74) is 1.21. The van der Waals surface area contributed by atoms with Gasteiger partial charge in [0.2, 0.25) is 0 Å². The SMILES string of the molecule is COc1ccc(CCN2C(=O)c3cccc4cc([N+](=O)[O-])cc(c34)C2=O)cc1OC. The van der Waals surface area contributed by atoms with Crippen molar-refractivity contribution in [2.24, 2.45) is 0 Å². The van der Waals surface area contributed by atoms with E-state index in [0.717, 1.165) is 10.5 Å². The molecule has 30 heavy (non-hydrogen) atoms. The minimum atomic E-state index is -0.541. The van der Waals surface area contributed by atoms with Crippen LogP contribution >= 0.6 is 0 Å². The third-order valence-electron chi connectivity index (χ3n) is 5.20. The van der Waals surface area contributed by atoms with Crippen molar-refractivity contribution >= 4 is 28.3 Å². The topological polar surface area (TPSA) is 99.0 Å². The van der Waals surface area contributed by atoms with Crippen molar-refractivity contribution in [1.29, 1.82) is 0 Å². The molecule has 8 heteroatoms. The molecule has 152 valence electrons. The van der Waals surface area contributed by atoms with Crippen LogP contribution in [0.5, 0.6) is 11.5 Å². The Balaban J connectivity index is 1.68. The number of non-ortho nitro benzene ring substituents is 1. The molecule has 0 fully saturated rings. The summed E-state index contributed by atoms with van der Waals surface area (Å²) in [6.07, 6.45) is 0.401. The third-order valence-corrected chi connectivity index (χ3v) is 5.20. The predicted molar refractivity (Wildman–Crippen MR) is 109 cm³/mol. The summed E-state index contributed by atoms with van der Waals surface area (Å²) < 4.78 is 10.5. The number of nitrogens with zero attached hydrogens (tertiary/aromatic N) is 2. The minimum absolute atomic E-state index is 0.131. The fourth-order valence-electron chi connectivity index (χ4n) is 3.73. The maximum atomic E-state index is 13.1. The fraction of sp³-hybridized carbons (Fsp3) is 0.182. The smallest absolute Gasteiger partial charge is 0.270 e. The van der Waals surface area contributed by atoms with Crippen LogP contribution in [0.2, 0.25) is 0 Å². The molecule has 1 aliphatic heterocycles. The molecule has 8 nitrogen and oxygen atoms in total. The number of rotatable bonds is 6. The summed E-state index contributed by atoms with van der Waals surface area (Å²) in [6, 6.07) is 13.0. The molecular formula is C22H18N2O6. The second-order valence-corrected chi connectivity index (χ2v) is 6.86. The van der Waals surface area contributed by atoms with Crippen LogP contribution in [0, 0.1) is 10.1 Å². The highest BCUT2D eigenvalue weighted by molar-refractivity contribution is 6.25. The maximum Gasteiger partial charge on any atom is 0.270 e. The van der Waals surface area contributed by atoms with E-state index in [2.05, 4.69) is 0 Å². The van der Waals surface area contributed by atoms with Crippen molar-refractivity contribution < 1.29 is 24.0 Å². The Labute approximate surface area is 171 Å². The number of hydrogen-bond acceptors (Lipinski definition) is 6. The molecule has 0 spiro atoms. The molecule has 0 saturated carbocycles. The van der Waals surface area contributed by atoms with Crippen molar-refractivity contribution in [3.63, 3.8) is 0 Å². The number of ether oxygens (including phenoxy) is 2. The maximum absolute atomic E-state index is 13.1. The minimum Gasteiger partial charge on any atom is -0.493 e. The summed E-state index contributed by atoms with van der Waals surface area (Å²) in [4.78, 5) is 38.0. The lowest BCUT2D eigenvalue weighted by molar-refractivity contribution is -0.384. The Morgan fingerprint density at radius 1 is 0.933 bits per heavy atom. The molecule has 0 unspecified atom stereocenters. The Morgan fingerprint density at radius 2 is 1.67 bits per heavy atom. The lowest BCUT2D eigenvalue weighted by atomic mass is 9.93. The fourth-order valence-corrected chi connectivity index (χ4v) is 3.73. The number of nitro benzene ring substituents is 1. The molecule has 2 amide bonds. The molecule has 1 aliphatic rings. The van der Waals surface area contributed by atoms with E-state index in [1.165, 1.54) is 19.2 Å². The molecule has 0 radical (unpaired) electrons. The number of hydrogen-bond donors (Lipinski definition) is 0. The van der Waals surface area contributed by atoms with Crippen LogP contribution < -0.4 is 9.47 Å². The molecule has 3 aromatic carbocycles. The number of carbonyl (C=O) groups is 2. The molecule has 1 heterocycles. The largest absolute Gasteiger partial charge is 0.493 e. The van der Waals surface area contributed by atoms with E-state index in [9.17, 15) is 19.7 Å². The van der Waals surface area contributed by atoms with Gasteiger partial charge in [-0.05, 0) is 35.6 Å². The predicted octanol–water partition coefficient (Wildman–Crippen LogP) is 3.60. The summed E-state index contributed by atoms with van der Waals surface area (Å²) in [6.45, 7) is 0.131. The molecular weight excluding hydrogens is 388 g/mol. The molecule has 0 aliphatic carbocycles. The summed E-state index contributed by atoms with van der Waals surface area (Å²) in [5, 5.41) is 12.2. The standard InChI is InChI=1S/C22H18N2O6/c1-29-18-7-6-13(10-19(18)30-2)8-9-23-21(25)16-5-3-4-14-11-15(24(27)28)12-17(20(14)16)22(23)26/h3-7,10-12H,8-9H2,1-2H3. The zero-order valence-electron chi connectivity index (χ0n) is 16.4. The van der Waals surface area contributed by atoms with Gasteiger partial charge in [-0.3, -0.25) is 24.6 Å². The van der Waals surface area contributed by atoms with E-state index in [-0.39, 0.29) is 17.8 Å². The second kappa shape index (κ2) is 7.47. The quantitative estimate of drug-likeness (QED) is 0.352. The van der Waals surface area contributed by atoms with Crippen LogP contribution in [0.4, 0.5) is 5.69 Å². The molecule has 0 N–H and O–H groups in total. The first-order valence-electron chi connectivity index (χ1n) is 9.23. The van der Waals surface area contributed by atoms with Crippen LogP contribution in [-0.4, -0.2) is 42.4 Å². The second-order valence-electron chi connectivity index (χ2n) is 6.86. The summed E-state index contributed by atoms with van der Waals surface area (Å²) in [5.74, 6) is 0.191. The van der Waals surface area contributed by atoms with Crippen molar-refractivity contribution in [2.75, 3.05) is 20.8 Å². The van der Waals surface area contributed by atoms with Crippen molar-refractivity contribution in [1.82, 2.24) is 4.90 Å². The highest BCUT2D eigenvalue weighted by atomic mass is 16.6. The Bertz CT molecular complexity index is 1200. The van der Waals surface area contributed by atoms with Gasteiger partial charge >= 0.3 is 0 Å². The average molecular weight is 406 g/mol. The van der Waals surface area contributed by atoms with E-state index in [1.807, 2.05) is 6.07 Å². The first kappa shape index (κ1) is 19.4. The van der Waals surface area contributed by atoms with Crippen LogP contribution in [0.3, 0.4) is 0 Å².